The highest BCUT2D eigenvalue weighted by Gasteiger charge is 2.26. The number of benzene rings is 2. The Labute approximate surface area is 197 Å². The molecule has 9 heteroatoms. The Morgan fingerprint density at radius 2 is 1.82 bits per heavy atom. The van der Waals surface area contributed by atoms with Gasteiger partial charge in [-0.3, -0.25) is 0 Å². The summed E-state index contributed by atoms with van der Waals surface area (Å²) in [5.41, 5.74) is 13.7. The number of oxazole rings is 1. The molecule has 0 bridgehead atoms. The van der Waals surface area contributed by atoms with E-state index in [1.165, 1.54) is 11.9 Å². The molecule has 3 aromatic heterocycles. The van der Waals surface area contributed by atoms with Crippen LogP contribution < -0.4 is 11.9 Å². The zero-order chi connectivity index (χ0) is 22.7. The summed E-state index contributed by atoms with van der Waals surface area (Å²) in [6.45, 7) is 6.09. The van der Waals surface area contributed by atoms with Gasteiger partial charge in [-0.15, -0.1) is 0 Å². The lowest BCUT2D eigenvalue weighted by Gasteiger charge is -2.11. The molecule has 0 saturated carbocycles. The molecule has 1 aliphatic rings. The van der Waals surface area contributed by atoms with Crippen molar-refractivity contribution in [3.05, 3.63) is 53.9 Å². The molecule has 1 atom stereocenters. The van der Waals surface area contributed by atoms with Crippen molar-refractivity contribution in [2.45, 2.75) is 26.3 Å². The Bertz CT molecular complexity index is 1500. The Morgan fingerprint density at radius 3 is 2.56 bits per heavy atom. The first-order chi connectivity index (χ1) is 16.0. The van der Waals surface area contributed by atoms with Gasteiger partial charge in [-0.05, 0) is 56.6 Å². The third-order valence-electron chi connectivity index (χ3n) is 6.46. The largest absolute Gasteiger partial charge is 0.436 e. The van der Waals surface area contributed by atoms with E-state index in [-0.39, 0.29) is 12.2 Å². The summed E-state index contributed by atoms with van der Waals surface area (Å²) < 4.78 is 8.10. The molecule has 9 nitrogen and oxygen atoms in total. The Kier molecular flexibility index (Phi) is 5.30. The van der Waals surface area contributed by atoms with E-state index in [9.17, 15) is 0 Å². The van der Waals surface area contributed by atoms with Crippen LogP contribution in [0.1, 0.15) is 23.6 Å². The molecular weight excluding hydrogens is 428 g/mol. The average Bonchev–Trinajstić information content (AvgIpc) is 3.51. The number of nitrogens with two attached hydrogens (primary N) is 1. The van der Waals surface area contributed by atoms with Gasteiger partial charge in [-0.2, -0.15) is 5.10 Å². The first-order valence-electron chi connectivity index (χ1n) is 11.1. The number of hydrogen-bond donors (Lipinski definition) is 2. The number of aryl methyl sites for hydroxylation is 2. The zero-order valence-corrected chi connectivity index (χ0v) is 19.6. The van der Waals surface area contributed by atoms with Crippen LogP contribution in [0.4, 0.5) is 5.82 Å². The summed E-state index contributed by atoms with van der Waals surface area (Å²) in [7, 11) is 2.13. The standard InChI is InChI=1S/C25H25N7O.H3N/c1-14-10-15(2)22-19(11-14)29-25(33-22)17-6-4-16(5-7-17)21-20-23(26)27-13-28-24(20)32(30-21)18-8-9-31(3)12-18;/h4-7,10-11,13,18H,8-9,12H2,1-3H3,(H2,26,27,28);1H3. The maximum absolute atomic E-state index is 6.28. The van der Waals surface area contributed by atoms with Gasteiger partial charge >= 0.3 is 0 Å². The molecular formula is C25H28N8O. The minimum absolute atomic E-state index is 0. The van der Waals surface area contributed by atoms with Crippen LogP contribution in [0.25, 0.3) is 44.8 Å². The number of likely N-dealkylation sites (tertiary alicyclic amines) is 1. The van der Waals surface area contributed by atoms with Crippen molar-refractivity contribution in [1.29, 1.82) is 0 Å². The summed E-state index contributed by atoms with van der Waals surface area (Å²) in [5, 5.41) is 5.76. The number of anilines is 1. The number of aromatic nitrogens is 5. The summed E-state index contributed by atoms with van der Waals surface area (Å²) in [6, 6.07) is 12.5. The van der Waals surface area contributed by atoms with Gasteiger partial charge in [0.05, 0.1) is 11.4 Å². The minimum atomic E-state index is 0. The fraction of sp³-hybridized carbons (Fsp3) is 0.280. The van der Waals surface area contributed by atoms with Crippen molar-refractivity contribution < 1.29 is 4.42 Å². The van der Waals surface area contributed by atoms with Crippen LogP contribution in [0.15, 0.2) is 47.1 Å². The molecule has 2 aromatic carbocycles. The van der Waals surface area contributed by atoms with Crippen LogP contribution in [0, 0.1) is 13.8 Å². The normalized spacial score (nSPS) is 16.4. The van der Waals surface area contributed by atoms with Crippen LogP contribution in [0.3, 0.4) is 0 Å². The molecule has 4 heterocycles. The first-order valence-corrected chi connectivity index (χ1v) is 11.1. The second-order valence-electron chi connectivity index (χ2n) is 8.98. The molecule has 174 valence electrons. The highest BCUT2D eigenvalue weighted by molar-refractivity contribution is 5.98. The van der Waals surface area contributed by atoms with Gasteiger partial charge in [0.2, 0.25) is 5.89 Å². The second kappa shape index (κ2) is 8.19. The quantitative estimate of drug-likeness (QED) is 0.404. The molecule has 1 saturated heterocycles. The van der Waals surface area contributed by atoms with E-state index in [0.717, 1.165) is 64.0 Å². The van der Waals surface area contributed by atoms with Crippen molar-refractivity contribution in [3.63, 3.8) is 0 Å². The smallest absolute Gasteiger partial charge is 0.227 e. The molecule has 5 N–H and O–H groups in total. The van der Waals surface area contributed by atoms with Gasteiger partial charge in [0.15, 0.2) is 11.2 Å². The molecule has 1 fully saturated rings. The SMILES string of the molecule is Cc1cc(C)c2oc(-c3ccc(-c4nn(C5CCN(C)C5)c5ncnc(N)c45)cc3)nc2c1.N. The van der Waals surface area contributed by atoms with Crippen LogP contribution in [-0.4, -0.2) is 49.8 Å². The monoisotopic (exact) mass is 456 g/mol. The third-order valence-corrected chi connectivity index (χ3v) is 6.46. The lowest BCUT2D eigenvalue weighted by Crippen LogP contribution is -2.17. The molecule has 1 unspecified atom stereocenters. The Balaban J connectivity index is 0.00000241. The van der Waals surface area contributed by atoms with Crippen molar-refractivity contribution in [2.75, 3.05) is 25.9 Å². The lowest BCUT2D eigenvalue weighted by atomic mass is 10.1. The van der Waals surface area contributed by atoms with E-state index in [1.54, 1.807) is 0 Å². The molecule has 1 aliphatic heterocycles. The minimum Gasteiger partial charge on any atom is -0.436 e. The van der Waals surface area contributed by atoms with Gasteiger partial charge < -0.3 is 21.2 Å². The van der Waals surface area contributed by atoms with E-state index < -0.39 is 0 Å². The van der Waals surface area contributed by atoms with E-state index in [1.807, 2.05) is 41.9 Å². The highest BCUT2D eigenvalue weighted by Crippen LogP contribution is 2.35. The predicted octanol–water partition coefficient (Wildman–Crippen LogP) is 4.54. The van der Waals surface area contributed by atoms with Crippen molar-refractivity contribution >= 4 is 28.0 Å². The number of hydrogen-bond acceptors (Lipinski definition) is 8. The third kappa shape index (κ3) is 3.49. The van der Waals surface area contributed by atoms with Gasteiger partial charge in [-0.25, -0.2) is 19.6 Å². The molecule has 0 aliphatic carbocycles. The lowest BCUT2D eigenvalue weighted by molar-refractivity contribution is 0.385. The predicted molar refractivity (Wildman–Crippen MR) is 134 cm³/mol. The zero-order valence-electron chi connectivity index (χ0n) is 19.6. The molecule has 6 rings (SSSR count). The number of nitrogen functional groups attached to an aromatic ring is 1. The topological polar surface area (TPSA) is 134 Å². The Hall–Kier alpha value is -3.82. The maximum atomic E-state index is 6.28. The fourth-order valence-electron chi connectivity index (χ4n) is 4.83. The van der Waals surface area contributed by atoms with Crippen molar-refractivity contribution in [2.24, 2.45) is 0 Å². The fourth-order valence-corrected chi connectivity index (χ4v) is 4.83. The molecule has 34 heavy (non-hydrogen) atoms. The van der Waals surface area contributed by atoms with E-state index >= 15 is 0 Å². The maximum Gasteiger partial charge on any atom is 0.227 e. The number of fused-ring (bicyclic) bond motifs is 2. The van der Waals surface area contributed by atoms with Gasteiger partial charge in [0.1, 0.15) is 23.4 Å². The van der Waals surface area contributed by atoms with Gasteiger partial charge in [0.25, 0.3) is 0 Å². The molecule has 0 radical (unpaired) electrons. The molecule has 0 spiro atoms. The highest BCUT2D eigenvalue weighted by atomic mass is 16.3. The van der Waals surface area contributed by atoms with E-state index in [4.69, 9.17) is 20.2 Å². The van der Waals surface area contributed by atoms with Crippen molar-refractivity contribution in [1.82, 2.24) is 35.8 Å². The van der Waals surface area contributed by atoms with Gasteiger partial charge in [-0.1, -0.05) is 18.2 Å². The Morgan fingerprint density at radius 1 is 1.06 bits per heavy atom. The second-order valence-corrected chi connectivity index (χ2v) is 8.98. The molecule has 5 aromatic rings. The number of nitrogens with zero attached hydrogens (tertiary/aromatic N) is 6. The first kappa shape index (κ1) is 22.0. The van der Waals surface area contributed by atoms with Crippen LogP contribution in [0.2, 0.25) is 0 Å². The summed E-state index contributed by atoms with van der Waals surface area (Å²) in [6.07, 6.45) is 2.55. The number of likely N-dealkylation sites (N-methyl/N-ethyl adjacent to an activating group) is 1. The van der Waals surface area contributed by atoms with Gasteiger partial charge in [0, 0.05) is 24.2 Å². The summed E-state index contributed by atoms with van der Waals surface area (Å²) in [4.78, 5) is 15.8. The van der Waals surface area contributed by atoms with Crippen molar-refractivity contribution in [3.8, 4) is 22.7 Å². The van der Waals surface area contributed by atoms with E-state index in [2.05, 4.69) is 34.9 Å². The van der Waals surface area contributed by atoms with Crippen LogP contribution in [0.5, 0.6) is 0 Å². The number of rotatable bonds is 3. The van der Waals surface area contributed by atoms with Crippen LogP contribution in [-0.2, 0) is 0 Å². The van der Waals surface area contributed by atoms with Crippen LogP contribution >= 0.6 is 0 Å². The average molecular weight is 457 g/mol. The van der Waals surface area contributed by atoms with E-state index in [0.29, 0.717) is 11.7 Å². The molecule has 0 amide bonds. The summed E-state index contributed by atoms with van der Waals surface area (Å²) >= 11 is 0. The summed E-state index contributed by atoms with van der Waals surface area (Å²) in [5.74, 6) is 1.05.